The van der Waals surface area contributed by atoms with Crippen molar-refractivity contribution < 1.29 is 9.90 Å². The smallest absolute Gasteiger partial charge is 0.241 e. The number of aliphatic hydroxyl groups excluding tert-OH is 1. The molecule has 0 aromatic heterocycles. The van der Waals surface area contributed by atoms with Crippen LogP contribution in [0.3, 0.4) is 0 Å². The van der Waals surface area contributed by atoms with Gasteiger partial charge in [-0.3, -0.25) is 9.69 Å². The molecular formula is C17H26N2O2. The van der Waals surface area contributed by atoms with Gasteiger partial charge in [0.1, 0.15) is 0 Å². The number of para-hydroxylation sites is 1. The van der Waals surface area contributed by atoms with E-state index in [0.29, 0.717) is 19.0 Å². The monoisotopic (exact) mass is 290 g/mol. The van der Waals surface area contributed by atoms with Crippen LogP contribution in [0.1, 0.15) is 26.2 Å². The second-order valence-corrected chi connectivity index (χ2v) is 5.73. The summed E-state index contributed by atoms with van der Waals surface area (Å²) in [6.07, 6.45) is 3.14. The molecule has 0 radical (unpaired) electrons. The van der Waals surface area contributed by atoms with Crippen LogP contribution in [-0.4, -0.2) is 48.7 Å². The fourth-order valence-electron chi connectivity index (χ4n) is 3.10. The van der Waals surface area contributed by atoms with Crippen molar-refractivity contribution in [3.63, 3.8) is 0 Å². The number of rotatable bonds is 6. The Kier molecular flexibility index (Phi) is 6.21. The fraction of sp³-hybridized carbons (Fsp3) is 0.588. The number of hydrogen-bond acceptors (Lipinski definition) is 3. The molecule has 1 amide bonds. The highest BCUT2D eigenvalue weighted by Crippen LogP contribution is 2.20. The number of aliphatic hydroxyl groups is 1. The van der Waals surface area contributed by atoms with Gasteiger partial charge in [-0.2, -0.15) is 0 Å². The van der Waals surface area contributed by atoms with Gasteiger partial charge in [-0.05, 0) is 50.8 Å². The maximum absolute atomic E-state index is 12.5. The molecule has 1 saturated heterocycles. The number of carbonyl (C=O) groups is 1. The normalized spacial score (nSPS) is 19.4. The second kappa shape index (κ2) is 8.15. The Hall–Kier alpha value is -1.39. The number of benzene rings is 1. The van der Waals surface area contributed by atoms with Gasteiger partial charge >= 0.3 is 0 Å². The number of anilines is 1. The Morgan fingerprint density at radius 3 is 2.81 bits per heavy atom. The number of likely N-dealkylation sites (tertiary alicyclic amines) is 1. The highest BCUT2D eigenvalue weighted by atomic mass is 16.3. The summed E-state index contributed by atoms with van der Waals surface area (Å²) in [6, 6.07) is 9.84. The Labute approximate surface area is 127 Å². The summed E-state index contributed by atoms with van der Waals surface area (Å²) in [5, 5.41) is 9.07. The van der Waals surface area contributed by atoms with Crippen molar-refractivity contribution in [3.05, 3.63) is 30.3 Å². The molecule has 1 unspecified atom stereocenters. The molecule has 21 heavy (non-hydrogen) atoms. The number of carbonyl (C=O) groups excluding carboxylic acids is 1. The first-order valence-electron chi connectivity index (χ1n) is 7.93. The van der Waals surface area contributed by atoms with Crippen molar-refractivity contribution in [2.75, 3.05) is 37.7 Å². The minimum Gasteiger partial charge on any atom is -0.396 e. The zero-order valence-corrected chi connectivity index (χ0v) is 12.9. The molecule has 1 atom stereocenters. The molecular weight excluding hydrogens is 264 g/mol. The summed E-state index contributed by atoms with van der Waals surface area (Å²) < 4.78 is 0. The Morgan fingerprint density at radius 1 is 1.38 bits per heavy atom. The minimum atomic E-state index is 0.161. The zero-order valence-electron chi connectivity index (χ0n) is 12.9. The van der Waals surface area contributed by atoms with Crippen LogP contribution < -0.4 is 4.90 Å². The summed E-state index contributed by atoms with van der Waals surface area (Å²) in [7, 11) is 0. The van der Waals surface area contributed by atoms with E-state index in [4.69, 9.17) is 5.11 Å². The zero-order chi connectivity index (χ0) is 15.1. The lowest BCUT2D eigenvalue weighted by Crippen LogP contribution is -2.44. The van der Waals surface area contributed by atoms with Crippen molar-refractivity contribution in [2.24, 2.45) is 5.92 Å². The minimum absolute atomic E-state index is 0.161. The van der Waals surface area contributed by atoms with Gasteiger partial charge in [0.2, 0.25) is 5.91 Å². The van der Waals surface area contributed by atoms with Gasteiger partial charge in [-0.1, -0.05) is 18.2 Å². The lowest BCUT2D eigenvalue weighted by Gasteiger charge is -2.33. The van der Waals surface area contributed by atoms with Crippen molar-refractivity contribution in [1.82, 2.24) is 4.90 Å². The van der Waals surface area contributed by atoms with E-state index in [1.807, 2.05) is 42.2 Å². The predicted molar refractivity (Wildman–Crippen MR) is 85.3 cm³/mol. The molecule has 4 heteroatoms. The molecule has 0 spiro atoms. The van der Waals surface area contributed by atoms with Crippen LogP contribution in [-0.2, 0) is 4.79 Å². The second-order valence-electron chi connectivity index (χ2n) is 5.73. The van der Waals surface area contributed by atoms with Gasteiger partial charge in [-0.25, -0.2) is 0 Å². The Morgan fingerprint density at radius 2 is 2.14 bits per heavy atom. The molecule has 1 fully saturated rings. The van der Waals surface area contributed by atoms with Crippen LogP contribution in [0.25, 0.3) is 0 Å². The Bertz CT molecular complexity index is 434. The van der Waals surface area contributed by atoms with E-state index in [9.17, 15) is 4.79 Å². The lowest BCUT2D eigenvalue weighted by atomic mass is 9.95. The van der Waals surface area contributed by atoms with Gasteiger partial charge in [-0.15, -0.1) is 0 Å². The quantitative estimate of drug-likeness (QED) is 0.873. The van der Waals surface area contributed by atoms with Crippen LogP contribution in [0, 0.1) is 5.92 Å². The van der Waals surface area contributed by atoms with Crippen molar-refractivity contribution >= 4 is 11.6 Å². The molecule has 1 aliphatic rings. The molecule has 1 aromatic carbocycles. The molecule has 1 aliphatic heterocycles. The summed E-state index contributed by atoms with van der Waals surface area (Å²) >= 11 is 0. The first-order valence-corrected chi connectivity index (χ1v) is 7.93. The number of piperidine rings is 1. The first kappa shape index (κ1) is 16.0. The van der Waals surface area contributed by atoms with E-state index in [0.717, 1.165) is 31.6 Å². The molecule has 2 rings (SSSR count). The number of likely N-dealkylation sites (N-methyl/N-ethyl adjacent to an activating group) is 1. The topological polar surface area (TPSA) is 43.8 Å². The van der Waals surface area contributed by atoms with Gasteiger partial charge in [0.05, 0.1) is 6.54 Å². The van der Waals surface area contributed by atoms with E-state index >= 15 is 0 Å². The Balaban J connectivity index is 1.93. The lowest BCUT2D eigenvalue weighted by molar-refractivity contribution is -0.120. The standard InChI is InChI=1S/C17H26N2O2/c1-2-19(16-8-4-3-5-9-16)17(21)14-18-11-6-7-15(13-18)10-12-20/h3-5,8-9,15,20H,2,6-7,10-14H2,1H3. The van der Waals surface area contributed by atoms with Crippen LogP contribution in [0.15, 0.2) is 30.3 Å². The van der Waals surface area contributed by atoms with Crippen LogP contribution in [0.5, 0.6) is 0 Å². The third-order valence-corrected chi connectivity index (χ3v) is 4.18. The predicted octanol–water partition coefficient (Wildman–Crippen LogP) is 2.13. The summed E-state index contributed by atoms with van der Waals surface area (Å²) in [6.45, 7) is 5.34. The van der Waals surface area contributed by atoms with Crippen molar-refractivity contribution in [3.8, 4) is 0 Å². The van der Waals surface area contributed by atoms with Crippen molar-refractivity contribution in [1.29, 1.82) is 0 Å². The van der Waals surface area contributed by atoms with E-state index in [1.54, 1.807) is 0 Å². The highest BCUT2D eigenvalue weighted by Gasteiger charge is 2.23. The maximum atomic E-state index is 12.5. The number of nitrogens with zero attached hydrogens (tertiary/aromatic N) is 2. The average molecular weight is 290 g/mol. The van der Waals surface area contributed by atoms with Crippen molar-refractivity contribution in [2.45, 2.75) is 26.2 Å². The maximum Gasteiger partial charge on any atom is 0.241 e. The molecule has 4 nitrogen and oxygen atoms in total. The highest BCUT2D eigenvalue weighted by molar-refractivity contribution is 5.94. The molecule has 0 saturated carbocycles. The molecule has 1 aromatic rings. The number of hydrogen-bond donors (Lipinski definition) is 1. The van der Waals surface area contributed by atoms with Gasteiger partial charge < -0.3 is 10.0 Å². The molecule has 1 heterocycles. The average Bonchev–Trinajstić information content (AvgIpc) is 2.50. The third kappa shape index (κ3) is 4.55. The third-order valence-electron chi connectivity index (χ3n) is 4.18. The molecule has 0 aliphatic carbocycles. The summed E-state index contributed by atoms with van der Waals surface area (Å²) in [5.74, 6) is 0.691. The largest absolute Gasteiger partial charge is 0.396 e. The SMILES string of the molecule is CCN(C(=O)CN1CCCC(CCO)C1)c1ccccc1. The first-order chi connectivity index (χ1) is 10.2. The summed E-state index contributed by atoms with van der Waals surface area (Å²) in [5.41, 5.74) is 0.967. The van der Waals surface area contributed by atoms with Crippen LogP contribution in [0.4, 0.5) is 5.69 Å². The van der Waals surface area contributed by atoms with Crippen LogP contribution >= 0.6 is 0 Å². The fourth-order valence-corrected chi connectivity index (χ4v) is 3.10. The summed E-state index contributed by atoms with van der Waals surface area (Å²) in [4.78, 5) is 16.6. The molecule has 116 valence electrons. The molecule has 0 bridgehead atoms. The molecule has 1 N–H and O–H groups in total. The van der Waals surface area contributed by atoms with Gasteiger partial charge in [0.25, 0.3) is 0 Å². The van der Waals surface area contributed by atoms with E-state index in [-0.39, 0.29) is 12.5 Å². The van der Waals surface area contributed by atoms with E-state index in [2.05, 4.69) is 4.90 Å². The van der Waals surface area contributed by atoms with Crippen LogP contribution in [0.2, 0.25) is 0 Å². The number of amides is 1. The van der Waals surface area contributed by atoms with Gasteiger partial charge in [0.15, 0.2) is 0 Å². The van der Waals surface area contributed by atoms with E-state index < -0.39 is 0 Å². The van der Waals surface area contributed by atoms with E-state index in [1.165, 1.54) is 6.42 Å². The van der Waals surface area contributed by atoms with Gasteiger partial charge in [0, 0.05) is 25.4 Å².